The number of aromatic nitrogens is 1. The van der Waals surface area contributed by atoms with Gasteiger partial charge in [0.15, 0.2) is 0 Å². The fraction of sp³-hybridized carbons (Fsp3) is 0.263. The van der Waals surface area contributed by atoms with Crippen molar-refractivity contribution in [2.75, 3.05) is 25.5 Å². The lowest BCUT2D eigenvalue weighted by molar-refractivity contribution is 0.946. The molecule has 0 spiro atoms. The van der Waals surface area contributed by atoms with E-state index >= 15 is 0 Å². The molecule has 0 fully saturated rings. The Morgan fingerprint density at radius 3 is 2.41 bits per heavy atom. The number of H-pyrrole nitrogens is 1. The fourth-order valence-electron chi connectivity index (χ4n) is 2.95. The number of anilines is 1. The Hall–Kier alpha value is -2.26. The molecule has 1 heterocycles. The van der Waals surface area contributed by atoms with Crippen LogP contribution in [-0.2, 0) is 12.8 Å². The van der Waals surface area contributed by atoms with Crippen LogP contribution in [0.4, 0.5) is 5.69 Å². The smallest absolute Gasteiger partial charge is 0.0459 e. The van der Waals surface area contributed by atoms with Crippen LogP contribution < -0.4 is 10.6 Å². The predicted octanol–water partition coefficient (Wildman–Crippen LogP) is 3.33. The van der Waals surface area contributed by atoms with Gasteiger partial charge in [-0.2, -0.15) is 0 Å². The average Bonchev–Trinajstić information content (AvgIpc) is 2.86. The van der Waals surface area contributed by atoms with Crippen molar-refractivity contribution in [1.29, 1.82) is 0 Å². The minimum atomic E-state index is 0.675. The molecule has 1 aromatic heterocycles. The van der Waals surface area contributed by atoms with Gasteiger partial charge in [0.2, 0.25) is 0 Å². The number of benzene rings is 2. The predicted molar refractivity (Wildman–Crippen MR) is 94.6 cm³/mol. The minimum absolute atomic E-state index is 0.675. The molecule has 0 unspecified atom stereocenters. The fourth-order valence-corrected chi connectivity index (χ4v) is 2.95. The normalized spacial score (nSPS) is 11.0. The van der Waals surface area contributed by atoms with Gasteiger partial charge in [0.25, 0.3) is 0 Å². The van der Waals surface area contributed by atoms with Crippen molar-refractivity contribution >= 4 is 16.6 Å². The van der Waals surface area contributed by atoms with Gasteiger partial charge >= 0.3 is 0 Å². The summed E-state index contributed by atoms with van der Waals surface area (Å²) in [6.45, 7) is 0.675. The lowest BCUT2D eigenvalue weighted by atomic mass is 10.0. The molecule has 0 aliphatic rings. The van der Waals surface area contributed by atoms with Gasteiger partial charge in [-0.3, -0.25) is 0 Å². The van der Waals surface area contributed by atoms with Crippen LogP contribution in [0.15, 0.2) is 48.5 Å². The van der Waals surface area contributed by atoms with Crippen molar-refractivity contribution in [2.24, 2.45) is 5.73 Å². The summed E-state index contributed by atoms with van der Waals surface area (Å²) in [6, 6.07) is 17.2. The zero-order valence-electron chi connectivity index (χ0n) is 13.3. The molecule has 0 saturated heterocycles. The van der Waals surface area contributed by atoms with E-state index in [0.717, 1.165) is 12.8 Å². The summed E-state index contributed by atoms with van der Waals surface area (Å²) in [5.41, 5.74) is 12.2. The molecule has 3 N–H and O–H groups in total. The largest absolute Gasteiger partial charge is 0.378 e. The number of aromatic amines is 1. The summed E-state index contributed by atoms with van der Waals surface area (Å²) >= 11 is 0. The number of fused-ring (bicyclic) bond motifs is 1. The minimum Gasteiger partial charge on any atom is -0.378 e. The molecule has 0 saturated carbocycles. The van der Waals surface area contributed by atoms with Crippen LogP contribution in [0.1, 0.15) is 16.8 Å². The van der Waals surface area contributed by atoms with E-state index in [1.54, 1.807) is 0 Å². The Balaban J connectivity index is 1.94. The van der Waals surface area contributed by atoms with Gasteiger partial charge in [-0.05, 0) is 42.3 Å². The molecule has 3 nitrogen and oxygen atoms in total. The quantitative estimate of drug-likeness (QED) is 0.758. The monoisotopic (exact) mass is 293 g/mol. The Kier molecular flexibility index (Phi) is 4.16. The second-order valence-corrected chi connectivity index (χ2v) is 5.90. The molecule has 0 bridgehead atoms. The highest BCUT2D eigenvalue weighted by Crippen LogP contribution is 2.25. The zero-order valence-corrected chi connectivity index (χ0v) is 13.3. The van der Waals surface area contributed by atoms with Crippen molar-refractivity contribution in [2.45, 2.75) is 12.8 Å². The number of hydrogen-bond acceptors (Lipinski definition) is 2. The molecule has 3 rings (SSSR count). The van der Waals surface area contributed by atoms with Crippen LogP contribution in [-0.4, -0.2) is 25.6 Å². The second kappa shape index (κ2) is 6.24. The molecule has 3 heteroatoms. The van der Waals surface area contributed by atoms with E-state index in [1.165, 1.54) is 33.4 Å². The lowest BCUT2D eigenvalue weighted by Crippen LogP contribution is -2.08. The molecule has 22 heavy (non-hydrogen) atoms. The Morgan fingerprint density at radius 1 is 1.00 bits per heavy atom. The van der Waals surface area contributed by atoms with Crippen molar-refractivity contribution in [3.63, 3.8) is 0 Å². The third-order valence-corrected chi connectivity index (χ3v) is 4.13. The highest BCUT2D eigenvalue weighted by atomic mass is 15.1. The molecule has 0 atom stereocenters. The number of rotatable bonds is 5. The standard InChI is InChI=1S/C19H23N3/c1-22(2)15-9-7-14(8-10-15)13-19-17(11-12-20)16-5-3-4-6-18(16)21-19/h3-10,21H,11-13,20H2,1-2H3. The van der Waals surface area contributed by atoms with Crippen molar-refractivity contribution in [1.82, 2.24) is 4.98 Å². The average molecular weight is 293 g/mol. The van der Waals surface area contributed by atoms with Gasteiger partial charge in [0, 0.05) is 42.8 Å². The van der Waals surface area contributed by atoms with Crippen molar-refractivity contribution in [3.05, 3.63) is 65.4 Å². The third kappa shape index (κ3) is 2.85. The first-order chi connectivity index (χ1) is 10.7. The van der Waals surface area contributed by atoms with Crippen LogP contribution in [0.3, 0.4) is 0 Å². The highest BCUT2D eigenvalue weighted by molar-refractivity contribution is 5.84. The summed E-state index contributed by atoms with van der Waals surface area (Å²) in [4.78, 5) is 5.69. The molecule has 0 radical (unpaired) electrons. The third-order valence-electron chi connectivity index (χ3n) is 4.13. The van der Waals surface area contributed by atoms with Gasteiger partial charge in [0.05, 0.1) is 0 Å². The Morgan fingerprint density at radius 2 is 1.73 bits per heavy atom. The van der Waals surface area contributed by atoms with E-state index in [9.17, 15) is 0 Å². The van der Waals surface area contributed by atoms with Gasteiger partial charge in [-0.15, -0.1) is 0 Å². The summed E-state index contributed by atoms with van der Waals surface area (Å²) in [5, 5.41) is 1.30. The van der Waals surface area contributed by atoms with E-state index in [-0.39, 0.29) is 0 Å². The molecule has 0 aliphatic heterocycles. The van der Waals surface area contributed by atoms with E-state index < -0.39 is 0 Å². The van der Waals surface area contributed by atoms with E-state index in [1.807, 2.05) is 0 Å². The number of hydrogen-bond donors (Lipinski definition) is 2. The van der Waals surface area contributed by atoms with Crippen molar-refractivity contribution < 1.29 is 0 Å². The van der Waals surface area contributed by atoms with Crippen LogP contribution in [0.5, 0.6) is 0 Å². The number of nitrogens with zero attached hydrogens (tertiary/aromatic N) is 1. The van der Waals surface area contributed by atoms with Crippen LogP contribution >= 0.6 is 0 Å². The first kappa shape index (κ1) is 14.7. The van der Waals surface area contributed by atoms with Gasteiger partial charge in [0.1, 0.15) is 0 Å². The van der Waals surface area contributed by atoms with Gasteiger partial charge < -0.3 is 15.6 Å². The maximum absolute atomic E-state index is 5.81. The number of para-hydroxylation sites is 1. The molecule has 2 aromatic carbocycles. The van der Waals surface area contributed by atoms with E-state index in [0.29, 0.717) is 6.54 Å². The van der Waals surface area contributed by atoms with E-state index in [4.69, 9.17) is 5.73 Å². The molecule has 114 valence electrons. The number of nitrogens with two attached hydrogens (primary N) is 1. The molecule has 0 amide bonds. The van der Waals surface area contributed by atoms with E-state index in [2.05, 4.69) is 72.5 Å². The summed E-state index contributed by atoms with van der Waals surface area (Å²) < 4.78 is 0. The zero-order chi connectivity index (χ0) is 15.5. The van der Waals surface area contributed by atoms with Crippen LogP contribution in [0.2, 0.25) is 0 Å². The second-order valence-electron chi connectivity index (χ2n) is 5.90. The first-order valence-corrected chi connectivity index (χ1v) is 7.74. The topological polar surface area (TPSA) is 45.0 Å². The summed E-state index contributed by atoms with van der Waals surface area (Å²) in [7, 11) is 4.12. The highest BCUT2D eigenvalue weighted by Gasteiger charge is 2.11. The Labute approximate surface area is 131 Å². The molecule has 3 aromatic rings. The van der Waals surface area contributed by atoms with Gasteiger partial charge in [-0.1, -0.05) is 30.3 Å². The summed E-state index contributed by atoms with van der Waals surface area (Å²) in [5.74, 6) is 0. The molecular formula is C19H23N3. The first-order valence-electron chi connectivity index (χ1n) is 7.74. The molecular weight excluding hydrogens is 270 g/mol. The lowest BCUT2D eigenvalue weighted by Gasteiger charge is -2.12. The van der Waals surface area contributed by atoms with Crippen molar-refractivity contribution in [3.8, 4) is 0 Å². The number of nitrogens with one attached hydrogen (secondary N) is 1. The Bertz CT molecular complexity index is 754. The SMILES string of the molecule is CN(C)c1ccc(Cc2[nH]c3ccccc3c2CCN)cc1. The molecule has 0 aliphatic carbocycles. The maximum Gasteiger partial charge on any atom is 0.0459 e. The van der Waals surface area contributed by atoms with Crippen LogP contribution in [0.25, 0.3) is 10.9 Å². The summed E-state index contributed by atoms with van der Waals surface area (Å²) in [6.07, 6.45) is 1.83. The maximum atomic E-state index is 5.81. The van der Waals surface area contributed by atoms with Gasteiger partial charge in [-0.25, -0.2) is 0 Å². The van der Waals surface area contributed by atoms with Crippen LogP contribution in [0, 0.1) is 0 Å².